The normalized spacial score (nSPS) is 10.8. The lowest BCUT2D eigenvalue weighted by molar-refractivity contribution is 1.15. The molecule has 3 heterocycles. The van der Waals surface area contributed by atoms with Crippen LogP contribution in [0.1, 0.15) is 5.69 Å². The lowest BCUT2D eigenvalue weighted by Gasteiger charge is -1.97. The Morgan fingerprint density at radius 3 is 2.75 bits per heavy atom. The average molecular weight is 210 g/mol. The van der Waals surface area contributed by atoms with Crippen molar-refractivity contribution in [2.75, 3.05) is 0 Å². The summed E-state index contributed by atoms with van der Waals surface area (Å²) >= 11 is 0. The Balaban J connectivity index is 2.18. The minimum Gasteiger partial charge on any atom is -0.357 e. The van der Waals surface area contributed by atoms with E-state index in [0.29, 0.717) is 5.82 Å². The molecule has 0 aliphatic heterocycles. The van der Waals surface area contributed by atoms with Gasteiger partial charge in [0.05, 0.1) is 11.0 Å². The van der Waals surface area contributed by atoms with E-state index in [-0.39, 0.29) is 0 Å². The molecule has 0 aliphatic carbocycles. The Bertz CT molecular complexity index is 628. The summed E-state index contributed by atoms with van der Waals surface area (Å²) in [6, 6.07) is 7.73. The smallest absolute Gasteiger partial charge is 0.178 e. The summed E-state index contributed by atoms with van der Waals surface area (Å²) in [4.78, 5) is 16.1. The number of aromatic amines is 1. The Labute approximate surface area is 92.4 Å². The highest BCUT2D eigenvalue weighted by molar-refractivity contribution is 5.78. The van der Waals surface area contributed by atoms with Gasteiger partial charge in [-0.2, -0.15) is 0 Å². The zero-order valence-corrected chi connectivity index (χ0v) is 8.81. The molecule has 1 N–H and O–H groups in total. The van der Waals surface area contributed by atoms with E-state index in [9.17, 15) is 0 Å². The quantitative estimate of drug-likeness (QED) is 0.670. The fourth-order valence-corrected chi connectivity index (χ4v) is 1.70. The van der Waals surface area contributed by atoms with Crippen molar-refractivity contribution in [3.8, 4) is 11.5 Å². The van der Waals surface area contributed by atoms with E-state index in [4.69, 9.17) is 0 Å². The largest absolute Gasteiger partial charge is 0.357 e. The molecule has 0 radical (unpaired) electrons. The van der Waals surface area contributed by atoms with Crippen LogP contribution in [0.25, 0.3) is 22.6 Å². The van der Waals surface area contributed by atoms with Crippen molar-refractivity contribution in [2.45, 2.75) is 6.92 Å². The van der Waals surface area contributed by atoms with Gasteiger partial charge in [0.2, 0.25) is 0 Å². The Morgan fingerprint density at radius 2 is 1.94 bits per heavy atom. The van der Waals surface area contributed by atoms with Crippen LogP contribution in [0.2, 0.25) is 0 Å². The molecule has 0 aliphatic rings. The van der Waals surface area contributed by atoms with E-state index in [1.165, 1.54) is 0 Å². The van der Waals surface area contributed by atoms with Gasteiger partial charge in [-0.1, -0.05) is 0 Å². The Kier molecular flexibility index (Phi) is 1.93. The number of H-pyrrole nitrogens is 1. The van der Waals surface area contributed by atoms with E-state index < -0.39 is 0 Å². The van der Waals surface area contributed by atoms with Crippen LogP contribution in [-0.2, 0) is 0 Å². The average Bonchev–Trinajstić information content (AvgIpc) is 2.69. The molecule has 0 unspecified atom stereocenters. The highest BCUT2D eigenvalue weighted by Gasteiger charge is 2.04. The van der Waals surface area contributed by atoms with Gasteiger partial charge >= 0.3 is 0 Å². The second-order valence-corrected chi connectivity index (χ2v) is 3.65. The van der Waals surface area contributed by atoms with Crippen molar-refractivity contribution >= 4 is 11.0 Å². The monoisotopic (exact) mass is 210 g/mol. The van der Waals surface area contributed by atoms with E-state index >= 15 is 0 Å². The molecule has 16 heavy (non-hydrogen) atoms. The molecule has 0 bridgehead atoms. The summed E-state index contributed by atoms with van der Waals surface area (Å²) in [5.74, 6) is 0.656. The number of nitrogens with one attached hydrogen (secondary N) is 1. The van der Waals surface area contributed by atoms with E-state index in [1.54, 1.807) is 18.5 Å². The summed E-state index contributed by atoms with van der Waals surface area (Å²) in [5, 5.41) is 0. The fourth-order valence-electron chi connectivity index (χ4n) is 1.70. The minimum atomic E-state index is 0.656. The second-order valence-electron chi connectivity index (χ2n) is 3.65. The predicted octanol–water partition coefficient (Wildman–Crippen LogP) is 2.33. The van der Waals surface area contributed by atoms with Crippen LogP contribution in [0.15, 0.2) is 36.7 Å². The van der Waals surface area contributed by atoms with Gasteiger partial charge in [0.15, 0.2) is 5.82 Å². The Hall–Kier alpha value is -2.23. The van der Waals surface area contributed by atoms with Crippen LogP contribution in [0.5, 0.6) is 0 Å². The molecule has 0 fully saturated rings. The van der Waals surface area contributed by atoms with Gasteiger partial charge in [0.25, 0.3) is 0 Å². The van der Waals surface area contributed by atoms with Crippen LogP contribution in [0, 0.1) is 6.92 Å². The highest BCUT2D eigenvalue weighted by Crippen LogP contribution is 2.17. The first-order valence-electron chi connectivity index (χ1n) is 5.07. The van der Waals surface area contributed by atoms with Crippen LogP contribution >= 0.6 is 0 Å². The van der Waals surface area contributed by atoms with Crippen LogP contribution in [-0.4, -0.2) is 19.9 Å². The van der Waals surface area contributed by atoms with Crippen molar-refractivity contribution in [3.63, 3.8) is 0 Å². The molecular formula is C12H10N4. The van der Waals surface area contributed by atoms with E-state index in [0.717, 1.165) is 22.4 Å². The molecule has 0 spiro atoms. The summed E-state index contributed by atoms with van der Waals surface area (Å²) in [5.41, 5.74) is 3.89. The van der Waals surface area contributed by atoms with E-state index in [2.05, 4.69) is 19.9 Å². The summed E-state index contributed by atoms with van der Waals surface area (Å²) in [7, 11) is 0. The molecule has 0 saturated carbocycles. The van der Waals surface area contributed by atoms with Crippen LogP contribution in [0.3, 0.4) is 0 Å². The maximum Gasteiger partial charge on any atom is 0.178 e. The van der Waals surface area contributed by atoms with Crippen molar-refractivity contribution < 1.29 is 0 Å². The number of fused-ring (bicyclic) bond motifs is 1. The van der Waals surface area contributed by atoms with Crippen molar-refractivity contribution in [2.24, 2.45) is 0 Å². The summed E-state index contributed by atoms with van der Waals surface area (Å²) < 4.78 is 0. The van der Waals surface area contributed by atoms with Gasteiger partial charge < -0.3 is 4.98 Å². The molecule has 3 aromatic heterocycles. The first-order valence-corrected chi connectivity index (χ1v) is 5.07. The standard InChI is InChI=1S/C12H10N4/c1-8-7-11-9(15-8)3-4-10(16-11)12-13-5-2-6-14-12/h2-7,15H,1H3. The van der Waals surface area contributed by atoms with Crippen molar-refractivity contribution in [3.05, 3.63) is 42.4 Å². The van der Waals surface area contributed by atoms with Gasteiger partial charge in [-0.05, 0) is 31.2 Å². The molecule has 4 heteroatoms. The number of nitrogens with zero attached hydrogens (tertiary/aromatic N) is 3. The van der Waals surface area contributed by atoms with E-state index in [1.807, 2.05) is 25.1 Å². The van der Waals surface area contributed by atoms with Crippen LogP contribution < -0.4 is 0 Å². The maximum absolute atomic E-state index is 4.51. The van der Waals surface area contributed by atoms with Gasteiger partial charge in [0, 0.05) is 18.1 Å². The summed E-state index contributed by atoms with van der Waals surface area (Å²) in [6.07, 6.45) is 3.44. The molecule has 78 valence electrons. The zero-order valence-electron chi connectivity index (χ0n) is 8.81. The molecule has 0 amide bonds. The van der Waals surface area contributed by atoms with Gasteiger partial charge in [-0.3, -0.25) is 0 Å². The second kappa shape index (κ2) is 3.41. The highest BCUT2D eigenvalue weighted by atomic mass is 14.9. The van der Waals surface area contributed by atoms with Gasteiger partial charge in [-0.25, -0.2) is 15.0 Å². The first-order chi connectivity index (χ1) is 7.83. The molecule has 0 saturated heterocycles. The number of aryl methyl sites for hydroxylation is 1. The zero-order chi connectivity index (χ0) is 11.0. The third kappa shape index (κ3) is 1.44. The number of rotatable bonds is 1. The first kappa shape index (κ1) is 9.03. The van der Waals surface area contributed by atoms with Crippen LogP contribution in [0.4, 0.5) is 0 Å². The third-order valence-electron chi connectivity index (χ3n) is 2.40. The SMILES string of the molecule is Cc1cc2nc(-c3ncccn3)ccc2[nH]1. The predicted molar refractivity (Wildman–Crippen MR) is 61.9 cm³/mol. The topological polar surface area (TPSA) is 54.5 Å². The lowest BCUT2D eigenvalue weighted by Crippen LogP contribution is -1.89. The van der Waals surface area contributed by atoms with Crippen molar-refractivity contribution in [1.29, 1.82) is 0 Å². The summed E-state index contributed by atoms with van der Waals surface area (Å²) in [6.45, 7) is 2.01. The van der Waals surface area contributed by atoms with Gasteiger partial charge in [-0.15, -0.1) is 0 Å². The molecule has 0 aromatic carbocycles. The number of hydrogen-bond acceptors (Lipinski definition) is 3. The fraction of sp³-hybridized carbons (Fsp3) is 0.0833. The third-order valence-corrected chi connectivity index (χ3v) is 2.40. The molecule has 4 nitrogen and oxygen atoms in total. The van der Waals surface area contributed by atoms with Crippen molar-refractivity contribution in [1.82, 2.24) is 19.9 Å². The number of aromatic nitrogens is 4. The molecule has 3 aromatic rings. The molecule has 0 atom stereocenters. The minimum absolute atomic E-state index is 0.656. The Morgan fingerprint density at radius 1 is 1.12 bits per heavy atom. The maximum atomic E-state index is 4.51. The number of hydrogen-bond donors (Lipinski definition) is 1. The van der Waals surface area contributed by atoms with Gasteiger partial charge in [0.1, 0.15) is 5.69 Å². The molecule has 3 rings (SSSR count). The molecular weight excluding hydrogens is 200 g/mol. The lowest BCUT2D eigenvalue weighted by atomic mass is 10.3. The number of pyridine rings is 1.